The van der Waals surface area contributed by atoms with Crippen LogP contribution in [-0.2, 0) is 4.79 Å². The second-order valence-electron chi connectivity index (χ2n) is 6.44. The molecule has 1 aliphatic heterocycles. The smallest absolute Gasteiger partial charge is 0.246 e. The first kappa shape index (κ1) is 18.9. The van der Waals surface area contributed by atoms with Crippen LogP contribution in [0.1, 0.15) is 28.8 Å². The molecule has 3 nitrogen and oxygen atoms in total. The highest BCUT2D eigenvalue weighted by Crippen LogP contribution is 2.24. The van der Waals surface area contributed by atoms with Crippen molar-refractivity contribution in [1.82, 2.24) is 4.90 Å². The van der Waals surface area contributed by atoms with Gasteiger partial charge in [-0.1, -0.05) is 18.2 Å². The molecule has 1 fully saturated rings. The van der Waals surface area contributed by atoms with E-state index in [1.165, 1.54) is 18.2 Å². The molecule has 2 aromatic carbocycles. The SMILES string of the molecule is O=C(c1cc(F)ccc1F)C1CCN(C(=O)/C=C/c2ccccc2F)CC1. The van der Waals surface area contributed by atoms with E-state index in [4.69, 9.17) is 0 Å². The van der Waals surface area contributed by atoms with Crippen LogP contribution in [-0.4, -0.2) is 29.7 Å². The number of carbonyl (C=O) groups is 2. The topological polar surface area (TPSA) is 37.4 Å². The molecular formula is C21H18F3NO2. The van der Waals surface area contributed by atoms with Gasteiger partial charge < -0.3 is 4.90 Å². The summed E-state index contributed by atoms with van der Waals surface area (Å²) < 4.78 is 40.6. The monoisotopic (exact) mass is 373 g/mol. The van der Waals surface area contributed by atoms with Crippen LogP contribution < -0.4 is 0 Å². The van der Waals surface area contributed by atoms with Crippen molar-refractivity contribution in [2.75, 3.05) is 13.1 Å². The van der Waals surface area contributed by atoms with Crippen molar-refractivity contribution in [3.8, 4) is 0 Å². The van der Waals surface area contributed by atoms with Crippen molar-refractivity contribution in [3.63, 3.8) is 0 Å². The maximum atomic E-state index is 13.8. The number of nitrogens with zero attached hydrogens (tertiary/aromatic N) is 1. The highest BCUT2D eigenvalue weighted by atomic mass is 19.1. The molecule has 0 unspecified atom stereocenters. The lowest BCUT2D eigenvalue weighted by Crippen LogP contribution is -2.39. The summed E-state index contributed by atoms with van der Waals surface area (Å²) in [5.41, 5.74) is 0.0664. The molecule has 1 saturated heterocycles. The molecule has 0 aliphatic carbocycles. The van der Waals surface area contributed by atoms with Crippen molar-refractivity contribution in [3.05, 3.63) is 77.1 Å². The fraction of sp³-hybridized carbons (Fsp3) is 0.238. The summed E-state index contributed by atoms with van der Waals surface area (Å²) in [6.45, 7) is 0.654. The molecule has 0 bridgehead atoms. The van der Waals surface area contributed by atoms with Gasteiger partial charge in [0.1, 0.15) is 17.5 Å². The Morgan fingerprint density at radius 1 is 0.963 bits per heavy atom. The molecule has 3 rings (SSSR count). The number of likely N-dealkylation sites (tertiary alicyclic amines) is 1. The van der Waals surface area contributed by atoms with Crippen molar-refractivity contribution in [2.24, 2.45) is 5.92 Å². The number of amides is 1. The van der Waals surface area contributed by atoms with Gasteiger partial charge in [0.25, 0.3) is 0 Å². The first-order valence-electron chi connectivity index (χ1n) is 8.66. The van der Waals surface area contributed by atoms with Crippen LogP contribution in [0.25, 0.3) is 6.08 Å². The number of halogens is 3. The Hall–Kier alpha value is -2.89. The Bertz CT molecular complexity index is 887. The van der Waals surface area contributed by atoms with Gasteiger partial charge in [-0.05, 0) is 43.2 Å². The summed E-state index contributed by atoms with van der Waals surface area (Å²) >= 11 is 0. The minimum Gasteiger partial charge on any atom is -0.339 e. The Morgan fingerprint density at radius 2 is 1.67 bits per heavy atom. The highest BCUT2D eigenvalue weighted by molar-refractivity contribution is 5.98. The fourth-order valence-electron chi connectivity index (χ4n) is 3.15. The maximum absolute atomic E-state index is 13.8. The van der Waals surface area contributed by atoms with Crippen molar-refractivity contribution >= 4 is 17.8 Å². The number of piperidine rings is 1. The van der Waals surface area contributed by atoms with Crippen LogP contribution in [0.5, 0.6) is 0 Å². The molecular weight excluding hydrogens is 355 g/mol. The largest absolute Gasteiger partial charge is 0.339 e. The van der Waals surface area contributed by atoms with Gasteiger partial charge in [0.2, 0.25) is 5.91 Å². The van der Waals surface area contributed by atoms with Crippen LogP contribution in [0.4, 0.5) is 13.2 Å². The number of rotatable bonds is 4. The minimum absolute atomic E-state index is 0.251. The van der Waals surface area contributed by atoms with E-state index in [9.17, 15) is 22.8 Å². The van der Waals surface area contributed by atoms with E-state index >= 15 is 0 Å². The molecule has 0 atom stereocenters. The number of ketones is 1. The first-order chi connectivity index (χ1) is 13.0. The summed E-state index contributed by atoms with van der Waals surface area (Å²) in [6.07, 6.45) is 3.45. The highest BCUT2D eigenvalue weighted by Gasteiger charge is 2.28. The zero-order valence-electron chi connectivity index (χ0n) is 14.5. The summed E-state index contributed by atoms with van der Waals surface area (Å²) in [4.78, 5) is 26.2. The third-order valence-electron chi connectivity index (χ3n) is 4.68. The number of carbonyl (C=O) groups excluding carboxylic acids is 2. The van der Waals surface area contributed by atoms with E-state index in [1.807, 2.05) is 0 Å². The zero-order chi connectivity index (χ0) is 19.4. The average Bonchev–Trinajstić information content (AvgIpc) is 2.68. The molecule has 6 heteroatoms. The molecule has 1 heterocycles. The summed E-state index contributed by atoms with van der Waals surface area (Å²) in [7, 11) is 0. The summed E-state index contributed by atoms with van der Waals surface area (Å²) in [5, 5.41) is 0. The molecule has 0 radical (unpaired) electrons. The van der Waals surface area contributed by atoms with Gasteiger partial charge >= 0.3 is 0 Å². The van der Waals surface area contributed by atoms with Gasteiger partial charge in [0, 0.05) is 30.6 Å². The Balaban J connectivity index is 1.60. The lowest BCUT2D eigenvalue weighted by molar-refractivity contribution is -0.127. The van der Waals surface area contributed by atoms with Crippen molar-refractivity contribution in [1.29, 1.82) is 0 Å². The van der Waals surface area contributed by atoms with Crippen LogP contribution in [0.2, 0.25) is 0 Å². The van der Waals surface area contributed by atoms with E-state index in [1.54, 1.807) is 23.1 Å². The number of hydrogen-bond acceptors (Lipinski definition) is 2. The molecule has 0 spiro atoms. The van der Waals surface area contributed by atoms with Gasteiger partial charge in [-0.3, -0.25) is 9.59 Å². The zero-order valence-corrected chi connectivity index (χ0v) is 14.5. The quantitative estimate of drug-likeness (QED) is 0.594. The predicted octanol–water partition coefficient (Wildman–Crippen LogP) is 4.24. The Morgan fingerprint density at radius 3 is 2.37 bits per heavy atom. The minimum atomic E-state index is -0.743. The van der Waals surface area contributed by atoms with Crippen molar-refractivity contribution in [2.45, 2.75) is 12.8 Å². The molecule has 140 valence electrons. The fourth-order valence-corrected chi connectivity index (χ4v) is 3.15. The second-order valence-corrected chi connectivity index (χ2v) is 6.44. The van der Waals surface area contributed by atoms with Gasteiger partial charge in [-0.25, -0.2) is 13.2 Å². The molecule has 0 N–H and O–H groups in total. The number of Topliss-reactive ketones (excluding diaryl/α,β-unsaturated/α-hetero) is 1. The van der Waals surface area contributed by atoms with Crippen LogP contribution in [0.15, 0.2) is 48.5 Å². The predicted molar refractivity (Wildman–Crippen MR) is 95.4 cm³/mol. The summed E-state index contributed by atoms with van der Waals surface area (Å²) in [6, 6.07) is 8.94. The molecule has 0 aromatic heterocycles. The Labute approximate surface area is 155 Å². The van der Waals surface area contributed by atoms with E-state index in [-0.39, 0.29) is 11.5 Å². The number of hydrogen-bond donors (Lipinski definition) is 0. The average molecular weight is 373 g/mol. The lowest BCUT2D eigenvalue weighted by Gasteiger charge is -2.30. The molecule has 27 heavy (non-hydrogen) atoms. The van der Waals surface area contributed by atoms with Crippen LogP contribution in [0, 0.1) is 23.4 Å². The first-order valence-corrected chi connectivity index (χ1v) is 8.66. The molecule has 0 saturated carbocycles. The van der Waals surface area contributed by atoms with Gasteiger partial charge in [-0.2, -0.15) is 0 Å². The van der Waals surface area contributed by atoms with E-state index in [0.29, 0.717) is 31.5 Å². The molecule has 1 aliphatic rings. The van der Waals surface area contributed by atoms with E-state index < -0.39 is 29.2 Å². The van der Waals surface area contributed by atoms with Gasteiger partial charge in [0.05, 0.1) is 5.56 Å². The second kappa shape index (κ2) is 8.20. The standard InChI is InChI=1S/C21H18F3NO2/c22-16-6-7-19(24)17(13-16)21(27)15-9-11-25(12-10-15)20(26)8-5-14-3-1-2-4-18(14)23/h1-8,13,15H,9-12H2/b8-5+. The van der Waals surface area contributed by atoms with Crippen molar-refractivity contribution < 1.29 is 22.8 Å². The summed E-state index contributed by atoms with van der Waals surface area (Å²) in [5.74, 6) is -3.00. The van der Waals surface area contributed by atoms with Gasteiger partial charge in [-0.15, -0.1) is 0 Å². The number of benzene rings is 2. The maximum Gasteiger partial charge on any atom is 0.246 e. The normalized spacial score (nSPS) is 15.3. The third-order valence-corrected chi connectivity index (χ3v) is 4.68. The lowest BCUT2D eigenvalue weighted by atomic mass is 9.88. The van der Waals surface area contributed by atoms with E-state index in [0.717, 1.165) is 18.2 Å². The van der Waals surface area contributed by atoms with E-state index in [2.05, 4.69) is 0 Å². The third kappa shape index (κ3) is 4.45. The molecule has 2 aromatic rings. The molecule has 1 amide bonds. The van der Waals surface area contributed by atoms with Crippen LogP contribution in [0.3, 0.4) is 0 Å². The van der Waals surface area contributed by atoms with Gasteiger partial charge in [0.15, 0.2) is 5.78 Å². The Kier molecular flexibility index (Phi) is 5.74. The van der Waals surface area contributed by atoms with Crippen LogP contribution >= 0.6 is 0 Å².